The monoisotopic (exact) mass is 292 g/mol. The van der Waals surface area contributed by atoms with Crippen LogP contribution in [0.15, 0.2) is 17.0 Å². The largest absolute Gasteiger partial charge is 0.394 e. The first-order valence-corrected chi connectivity index (χ1v) is 7.19. The summed E-state index contributed by atoms with van der Waals surface area (Å²) in [5.41, 5.74) is 4.33. The van der Waals surface area contributed by atoms with Gasteiger partial charge in [-0.3, -0.25) is 0 Å². The lowest BCUT2D eigenvalue weighted by Gasteiger charge is -2.29. The average Bonchev–Trinajstić information content (AvgIpc) is 2.36. The van der Waals surface area contributed by atoms with Crippen LogP contribution in [0.5, 0.6) is 0 Å². The predicted molar refractivity (Wildman–Crippen MR) is 64.8 cm³/mol. The molecule has 1 atom stereocenters. The molecular formula is C11H14F2N2O3S. The smallest absolute Gasteiger partial charge is 0.246 e. The van der Waals surface area contributed by atoms with Crippen molar-refractivity contribution in [2.24, 2.45) is 0 Å². The van der Waals surface area contributed by atoms with Crippen molar-refractivity contribution in [3.8, 4) is 0 Å². The zero-order chi connectivity index (χ0) is 14.2. The van der Waals surface area contributed by atoms with Gasteiger partial charge < -0.3 is 10.8 Å². The number of benzene rings is 1. The first-order valence-electron chi connectivity index (χ1n) is 5.75. The minimum atomic E-state index is -4.11. The molecule has 0 aliphatic carbocycles. The normalized spacial score (nSPS) is 21.5. The summed E-state index contributed by atoms with van der Waals surface area (Å²) in [7, 11) is -4.11. The summed E-state index contributed by atoms with van der Waals surface area (Å²) >= 11 is 0. The molecule has 1 aromatic carbocycles. The van der Waals surface area contributed by atoms with Crippen molar-refractivity contribution in [2.45, 2.75) is 23.8 Å². The van der Waals surface area contributed by atoms with Crippen LogP contribution in [-0.2, 0) is 10.0 Å². The summed E-state index contributed by atoms with van der Waals surface area (Å²) < 4.78 is 52.2. The molecule has 0 bridgehead atoms. The van der Waals surface area contributed by atoms with Crippen molar-refractivity contribution < 1.29 is 22.3 Å². The predicted octanol–water partition coefficient (Wildman–Crippen LogP) is 0.692. The highest BCUT2D eigenvalue weighted by molar-refractivity contribution is 7.89. The van der Waals surface area contributed by atoms with E-state index in [0.29, 0.717) is 12.8 Å². The van der Waals surface area contributed by atoms with Crippen LogP contribution in [0.25, 0.3) is 0 Å². The number of nitrogen functional groups attached to an aromatic ring is 1. The minimum absolute atomic E-state index is 0.0982. The summed E-state index contributed by atoms with van der Waals surface area (Å²) in [5, 5.41) is 9.47. The topological polar surface area (TPSA) is 83.6 Å². The van der Waals surface area contributed by atoms with Crippen molar-refractivity contribution in [3.05, 3.63) is 23.8 Å². The maximum atomic E-state index is 13.8. The van der Waals surface area contributed by atoms with Crippen LogP contribution in [-0.4, -0.2) is 37.0 Å². The first kappa shape index (κ1) is 14.2. The van der Waals surface area contributed by atoms with Crippen LogP contribution in [0.2, 0.25) is 0 Å². The summed E-state index contributed by atoms with van der Waals surface area (Å²) in [6.07, 6.45) is 0.211. The molecule has 106 valence electrons. The summed E-state index contributed by atoms with van der Waals surface area (Å²) in [5.74, 6) is -2.30. The molecule has 1 aliphatic rings. The lowest BCUT2D eigenvalue weighted by molar-refractivity contribution is 0.108. The molecule has 0 amide bonds. The molecule has 0 aromatic heterocycles. The molecule has 1 heterocycles. The second-order valence-corrected chi connectivity index (χ2v) is 6.34. The van der Waals surface area contributed by atoms with Gasteiger partial charge >= 0.3 is 0 Å². The quantitative estimate of drug-likeness (QED) is 0.786. The Morgan fingerprint density at radius 3 is 2.68 bits per heavy atom. The van der Waals surface area contributed by atoms with E-state index in [2.05, 4.69) is 0 Å². The molecule has 1 aliphatic heterocycles. The first-order chi connectivity index (χ1) is 8.84. The van der Waals surface area contributed by atoms with E-state index in [1.54, 1.807) is 0 Å². The van der Waals surface area contributed by atoms with Crippen LogP contribution in [0.4, 0.5) is 14.5 Å². The van der Waals surface area contributed by atoms with Crippen molar-refractivity contribution in [2.75, 3.05) is 18.8 Å². The lowest BCUT2D eigenvalue weighted by atomic mass is 10.1. The summed E-state index contributed by atoms with van der Waals surface area (Å²) in [4.78, 5) is -0.666. The molecule has 0 spiro atoms. The van der Waals surface area contributed by atoms with Gasteiger partial charge in [0, 0.05) is 13.1 Å². The van der Waals surface area contributed by atoms with E-state index in [4.69, 9.17) is 5.73 Å². The van der Waals surface area contributed by atoms with E-state index in [9.17, 15) is 22.3 Å². The standard InChI is InChI=1S/C11H14F2N2O3S/c12-8-3-4-9(10(13)11(8)14)19(17,18)15-5-1-2-7(16)6-15/h3-4,7,16H,1-2,5-6,14H2/t7-/m0/s1. The molecule has 2 rings (SSSR count). The van der Waals surface area contributed by atoms with Gasteiger partial charge in [-0.05, 0) is 25.0 Å². The highest BCUT2D eigenvalue weighted by Crippen LogP contribution is 2.27. The van der Waals surface area contributed by atoms with E-state index >= 15 is 0 Å². The van der Waals surface area contributed by atoms with Gasteiger partial charge in [-0.15, -0.1) is 0 Å². The number of hydrogen-bond donors (Lipinski definition) is 2. The van der Waals surface area contributed by atoms with E-state index in [0.717, 1.165) is 16.4 Å². The summed E-state index contributed by atoms with van der Waals surface area (Å²) in [6, 6.07) is 1.66. The molecule has 5 nitrogen and oxygen atoms in total. The Labute approximate surface area is 109 Å². The molecule has 8 heteroatoms. The van der Waals surface area contributed by atoms with Crippen molar-refractivity contribution >= 4 is 15.7 Å². The molecular weight excluding hydrogens is 278 g/mol. The Kier molecular flexibility index (Phi) is 3.75. The zero-order valence-electron chi connectivity index (χ0n) is 10.0. The van der Waals surface area contributed by atoms with Crippen molar-refractivity contribution in [1.29, 1.82) is 0 Å². The molecule has 1 saturated heterocycles. The van der Waals surface area contributed by atoms with Crippen LogP contribution in [0, 0.1) is 11.6 Å². The van der Waals surface area contributed by atoms with E-state index < -0.39 is 38.3 Å². The SMILES string of the molecule is Nc1c(F)ccc(S(=O)(=O)N2CCC[C@H](O)C2)c1F. The number of aliphatic hydroxyl groups excluding tert-OH is 1. The van der Waals surface area contributed by atoms with Gasteiger partial charge in [-0.1, -0.05) is 0 Å². The number of halogens is 2. The van der Waals surface area contributed by atoms with E-state index in [1.807, 2.05) is 0 Å². The Hall–Kier alpha value is -1.25. The fourth-order valence-corrected chi connectivity index (χ4v) is 3.62. The fraction of sp³-hybridized carbons (Fsp3) is 0.455. The van der Waals surface area contributed by atoms with Gasteiger partial charge in [0.1, 0.15) is 16.4 Å². The maximum absolute atomic E-state index is 13.8. The number of nitrogens with zero attached hydrogens (tertiary/aromatic N) is 1. The molecule has 0 unspecified atom stereocenters. The summed E-state index contributed by atoms with van der Waals surface area (Å²) in [6.45, 7) is 0.0924. The van der Waals surface area contributed by atoms with Crippen molar-refractivity contribution in [3.63, 3.8) is 0 Å². The second kappa shape index (κ2) is 5.03. The van der Waals surface area contributed by atoms with E-state index in [1.165, 1.54) is 0 Å². The van der Waals surface area contributed by atoms with E-state index in [-0.39, 0.29) is 13.1 Å². The molecule has 0 radical (unpaired) electrons. The van der Waals surface area contributed by atoms with Gasteiger partial charge in [-0.2, -0.15) is 4.31 Å². The number of piperidine rings is 1. The van der Waals surface area contributed by atoms with Crippen LogP contribution in [0.3, 0.4) is 0 Å². The van der Waals surface area contributed by atoms with Crippen LogP contribution < -0.4 is 5.73 Å². The molecule has 1 aromatic rings. The van der Waals surface area contributed by atoms with Crippen molar-refractivity contribution in [1.82, 2.24) is 4.31 Å². The Morgan fingerprint density at radius 1 is 1.37 bits per heavy atom. The number of hydrogen-bond acceptors (Lipinski definition) is 4. The van der Waals surface area contributed by atoms with Crippen LogP contribution in [0.1, 0.15) is 12.8 Å². The average molecular weight is 292 g/mol. The number of anilines is 1. The van der Waals surface area contributed by atoms with Crippen LogP contribution >= 0.6 is 0 Å². The maximum Gasteiger partial charge on any atom is 0.246 e. The van der Waals surface area contributed by atoms with Gasteiger partial charge in [0.05, 0.1) is 6.10 Å². The number of rotatable bonds is 2. The lowest BCUT2D eigenvalue weighted by Crippen LogP contribution is -2.42. The molecule has 19 heavy (non-hydrogen) atoms. The number of aliphatic hydroxyl groups is 1. The minimum Gasteiger partial charge on any atom is -0.394 e. The van der Waals surface area contributed by atoms with Gasteiger partial charge in [0.2, 0.25) is 10.0 Å². The van der Waals surface area contributed by atoms with Gasteiger partial charge in [0.25, 0.3) is 0 Å². The molecule has 1 fully saturated rings. The third-order valence-corrected chi connectivity index (χ3v) is 4.95. The second-order valence-electron chi connectivity index (χ2n) is 4.43. The Morgan fingerprint density at radius 2 is 2.05 bits per heavy atom. The third kappa shape index (κ3) is 2.56. The van der Waals surface area contributed by atoms with Gasteiger partial charge in [-0.25, -0.2) is 17.2 Å². The molecule has 0 saturated carbocycles. The third-order valence-electron chi connectivity index (χ3n) is 3.07. The Bertz CT molecular complexity index is 592. The Balaban J connectivity index is 2.42. The van der Waals surface area contributed by atoms with Gasteiger partial charge in [0.15, 0.2) is 5.82 Å². The zero-order valence-corrected chi connectivity index (χ0v) is 10.8. The highest BCUT2D eigenvalue weighted by Gasteiger charge is 2.32. The molecule has 3 N–H and O–H groups in total. The highest BCUT2D eigenvalue weighted by atomic mass is 32.2. The fourth-order valence-electron chi connectivity index (χ4n) is 2.03. The number of sulfonamides is 1. The number of nitrogens with two attached hydrogens (primary N) is 1. The number of β-amino-alcohol motifs (C(OH)–C–C–N with tert-alkyl or cyclic N) is 1.